The fraction of sp³-hybridized carbons (Fsp3) is 0.462. The second-order valence-corrected chi connectivity index (χ2v) is 4.94. The first-order valence-corrected chi connectivity index (χ1v) is 6.24. The highest BCUT2D eigenvalue weighted by atomic mass is 35.5. The molecule has 0 amide bonds. The van der Waals surface area contributed by atoms with E-state index in [0.717, 1.165) is 43.2 Å². The minimum absolute atomic E-state index is 0.839. The Morgan fingerprint density at radius 1 is 1.35 bits per heavy atom. The molecule has 1 fully saturated rings. The van der Waals surface area contributed by atoms with Crippen LogP contribution < -0.4 is 0 Å². The van der Waals surface area contributed by atoms with Gasteiger partial charge in [-0.2, -0.15) is 0 Å². The average molecular weight is 253 g/mol. The Balaban J connectivity index is 1.98. The topological polar surface area (TPSA) is 35.8 Å². The van der Waals surface area contributed by atoms with Gasteiger partial charge in [0.15, 0.2) is 0 Å². The van der Waals surface area contributed by atoms with Gasteiger partial charge in [-0.05, 0) is 24.1 Å². The van der Waals surface area contributed by atoms with E-state index >= 15 is 0 Å². The van der Waals surface area contributed by atoms with Crippen LogP contribution in [-0.2, 0) is 6.54 Å². The zero-order chi connectivity index (χ0) is 12.3. The first kappa shape index (κ1) is 12.4. The van der Waals surface area contributed by atoms with Crippen molar-refractivity contribution in [2.24, 2.45) is 5.16 Å². The molecule has 1 N–H and O–H groups in total. The Morgan fingerprint density at radius 2 is 2.06 bits per heavy atom. The number of aryl methyl sites for hydroxylation is 1. The molecular weight excluding hydrogens is 236 g/mol. The van der Waals surface area contributed by atoms with Gasteiger partial charge in [-0.1, -0.05) is 28.9 Å². The third kappa shape index (κ3) is 3.20. The van der Waals surface area contributed by atoms with Crippen molar-refractivity contribution in [1.82, 2.24) is 4.90 Å². The maximum Gasteiger partial charge on any atom is 0.0596 e. The van der Waals surface area contributed by atoms with E-state index in [1.807, 2.05) is 13.0 Å². The summed E-state index contributed by atoms with van der Waals surface area (Å²) in [4.78, 5) is 2.34. The van der Waals surface area contributed by atoms with Gasteiger partial charge in [0.25, 0.3) is 0 Å². The number of oxime groups is 1. The Bertz CT molecular complexity index is 421. The summed E-state index contributed by atoms with van der Waals surface area (Å²) in [7, 11) is 0. The maximum atomic E-state index is 8.69. The molecule has 0 unspecified atom stereocenters. The number of piperidine rings is 1. The Hall–Kier alpha value is -1.06. The molecule has 1 saturated heterocycles. The van der Waals surface area contributed by atoms with Gasteiger partial charge in [0.1, 0.15) is 0 Å². The molecule has 2 rings (SSSR count). The molecule has 3 nitrogen and oxygen atoms in total. The van der Waals surface area contributed by atoms with Crippen LogP contribution in [0.2, 0.25) is 5.02 Å². The number of likely N-dealkylation sites (tertiary alicyclic amines) is 1. The number of hydrogen-bond donors (Lipinski definition) is 1. The quantitative estimate of drug-likeness (QED) is 0.649. The van der Waals surface area contributed by atoms with Crippen LogP contribution in [0, 0.1) is 6.92 Å². The Morgan fingerprint density at radius 3 is 2.65 bits per heavy atom. The van der Waals surface area contributed by atoms with Crippen molar-refractivity contribution >= 4 is 17.3 Å². The van der Waals surface area contributed by atoms with Crippen molar-refractivity contribution in [2.75, 3.05) is 13.1 Å². The Kier molecular flexibility index (Phi) is 4.02. The summed E-state index contributed by atoms with van der Waals surface area (Å²) in [5.41, 5.74) is 3.25. The van der Waals surface area contributed by atoms with Gasteiger partial charge in [0.05, 0.1) is 5.71 Å². The molecule has 0 aromatic heterocycles. The van der Waals surface area contributed by atoms with Gasteiger partial charge in [-0.25, -0.2) is 0 Å². The lowest BCUT2D eigenvalue weighted by Crippen LogP contribution is -2.33. The summed E-state index contributed by atoms with van der Waals surface area (Å²) in [6, 6.07) is 6.18. The number of hydrogen-bond acceptors (Lipinski definition) is 3. The van der Waals surface area contributed by atoms with Crippen molar-refractivity contribution in [3.8, 4) is 0 Å². The summed E-state index contributed by atoms with van der Waals surface area (Å²) in [5.74, 6) is 0. The standard InChI is InChI=1S/C13H17ClN2O/c1-10-2-3-11(13(14)8-10)9-16-6-4-12(15-17)5-7-16/h2-3,8,17H,4-7,9H2,1H3. The lowest BCUT2D eigenvalue weighted by Gasteiger charge is -2.27. The second kappa shape index (κ2) is 5.52. The number of halogens is 1. The van der Waals surface area contributed by atoms with E-state index in [1.54, 1.807) is 0 Å². The minimum atomic E-state index is 0.839. The van der Waals surface area contributed by atoms with Gasteiger partial charge in [-0.15, -0.1) is 0 Å². The predicted octanol–water partition coefficient (Wildman–Crippen LogP) is 3.07. The number of benzene rings is 1. The van der Waals surface area contributed by atoms with Crippen LogP contribution >= 0.6 is 11.6 Å². The molecular formula is C13H17ClN2O. The van der Waals surface area contributed by atoms with E-state index in [-0.39, 0.29) is 0 Å². The first-order valence-electron chi connectivity index (χ1n) is 5.86. The van der Waals surface area contributed by atoms with Crippen LogP contribution in [0.5, 0.6) is 0 Å². The number of nitrogens with zero attached hydrogens (tertiary/aromatic N) is 2. The molecule has 1 aromatic carbocycles. The fourth-order valence-corrected chi connectivity index (χ4v) is 2.39. The minimum Gasteiger partial charge on any atom is -0.411 e. The molecule has 1 heterocycles. The normalized spacial score (nSPS) is 17.2. The highest BCUT2D eigenvalue weighted by molar-refractivity contribution is 6.31. The van der Waals surface area contributed by atoms with E-state index in [4.69, 9.17) is 16.8 Å². The van der Waals surface area contributed by atoms with Crippen molar-refractivity contribution in [3.63, 3.8) is 0 Å². The SMILES string of the molecule is Cc1ccc(CN2CCC(=NO)CC2)c(Cl)c1. The third-order valence-corrected chi connectivity index (χ3v) is 3.53. The van der Waals surface area contributed by atoms with Gasteiger partial charge >= 0.3 is 0 Å². The maximum absolute atomic E-state index is 8.69. The molecule has 0 spiro atoms. The largest absolute Gasteiger partial charge is 0.411 e. The lowest BCUT2D eigenvalue weighted by molar-refractivity contribution is 0.256. The highest BCUT2D eigenvalue weighted by Gasteiger charge is 2.16. The average Bonchev–Trinajstić information content (AvgIpc) is 2.34. The summed E-state index contributed by atoms with van der Waals surface area (Å²) in [5, 5.41) is 12.8. The summed E-state index contributed by atoms with van der Waals surface area (Å²) < 4.78 is 0. The van der Waals surface area contributed by atoms with Crippen molar-refractivity contribution in [2.45, 2.75) is 26.3 Å². The summed E-state index contributed by atoms with van der Waals surface area (Å²) in [6.45, 7) is 4.78. The first-order chi connectivity index (χ1) is 8.19. The molecule has 4 heteroatoms. The van der Waals surface area contributed by atoms with E-state index in [1.165, 1.54) is 11.1 Å². The zero-order valence-electron chi connectivity index (χ0n) is 9.99. The molecule has 0 saturated carbocycles. The molecule has 1 aliphatic heterocycles. The molecule has 0 atom stereocenters. The molecule has 0 bridgehead atoms. The second-order valence-electron chi connectivity index (χ2n) is 4.54. The monoisotopic (exact) mass is 252 g/mol. The summed E-state index contributed by atoms with van der Waals surface area (Å²) in [6.07, 6.45) is 1.69. The van der Waals surface area contributed by atoms with Gasteiger partial charge < -0.3 is 5.21 Å². The van der Waals surface area contributed by atoms with Crippen LogP contribution in [0.15, 0.2) is 23.4 Å². The van der Waals surface area contributed by atoms with Crippen molar-refractivity contribution in [3.05, 3.63) is 34.3 Å². The molecule has 1 aliphatic rings. The van der Waals surface area contributed by atoms with E-state index in [2.05, 4.69) is 22.2 Å². The lowest BCUT2D eigenvalue weighted by atomic mass is 10.1. The van der Waals surface area contributed by atoms with Crippen molar-refractivity contribution in [1.29, 1.82) is 0 Å². The third-order valence-electron chi connectivity index (χ3n) is 3.18. The van der Waals surface area contributed by atoms with Crippen LogP contribution in [0.1, 0.15) is 24.0 Å². The molecule has 1 aromatic rings. The molecule has 0 aliphatic carbocycles. The van der Waals surface area contributed by atoms with Crippen molar-refractivity contribution < 1.29 is 5.21 Å². The molecule has 0 radical (unpaired) electrons. The highest BCUT2D eigenvalue weighted by Crippen LogP contribution is 2.20. The van der Waals surface area contributed by atoms with E-state index in [0.29, 0.717) is 0 Å². The van der Waals surface area contributed by atoms with Gasteiger partial charge in [-0.3, -0.25) is 4.90 Å². The van der Waals surface area contributed by atoms with Gasteiger partial charge in [0.2, 0.25) is 0 Å². The van der Waals surface area contributed by atoms with Crippen LogP contribution in [-0.4, -0.2) is 28.9 Å². The fourth-order valence-electron chi connectivity index (χ4n) is 2.09. The molecule has 17 heavy (non-hydrogen) atoms. The van der Waals surface area contributed by atoms with Crippen LogP contribution in [0.4, 0.5) is 0 Å². The van der Waals surface area contributed by atoms with Gasteiger partial charge in [0, 0.05) is 37.5 Å². The van der Waals surface area contributed by atoms with Crippen LogP contribution in [0.3, 0.4) is 0 Å². The zero-order valence-corrected chi connectivity index (χ0v) is 10.7. The Labute approximate surface area is 107 Å². The van der Waals surface area contributed by atoms with E-state index < -0.39 is 0 Å². The number of rotatable bonds is 2. The summed E-state index contributed by atoms with van der Waals surface area (Å²) >= 11 is 6.21. The smallest absolute Gasteiger partial charge is 0.0596 e. The van der Waals surface area contributed by atoms with Crippen LogP contribution in [0.25, 0.3) is 0 Å². The van der Waals surface area contributed by atoms with E-state index in [9.17, 15) is 0 Å². The molecule has 92 valence electrons. The predicted molar refractivity (Wildman–Crippen MR) is 69.9 cm³/mol.